The fraction of sp³-hybridized carbons (Fsp3) is 0.300. The van der Waals surface area contributed by atoms with Crippen molar-refractivity contribution in [2.24, 2.45) is 0 Å². The smallest absolute Gasteiger partial charge is 0.180 e. The Labute approximate surface area is 101 Å². The van der Waals surface area contributed by atoms with E-state index in [0.29, 0.717) is 24.2 Å². The Balaban J connectivity index is 2.12. The third-order valence-electron chi connectivity index (χ3n) is 2.43. The van der Waals surface area contributed by atoms with Gasteiger partial charge in [-0.25, -0.2) is 15.0 Å². The van der Waals surface area contributed by atoms with Crippen molar-refractivity contribution in [3.63, 3.8) is 0 Å². The Morgan fingerprint density at radius 1 is 1.38 bits per heavy atom. The van der Waals surface area contributed by atoms with Gasteiger partial charge in [-0.2, -0.15) is 0 Å². The van der Waals surface area contributed by atoms with Crippen LogP contribution in [-0.4, -0.2) is 21.6 Å². The van der Waals surface area contributed by atoms with Crippen LogP contribution in [0.15, 0.2) is 10.9 Å². The van der Waals surface area contributed by atoms with E-state index in [1.54, 1.807) is 5.51 Å². The van der Waals surface area contributed by atoms with Crippen molar-refractivity contribution >= 4 is 22.9 Å². The van der Waals surface area contributed by atoms with Gasteiger partial charge in [0.25, 0.3) is 0 Å². The number of hydrogen-bond acceptors (Lipinski definition) is 5. The number of aromatic nitrogens is 3. The van der Waals surface area contributed by atoms with Gasteiger partial charge in [-0.1, -0.05) is 11.6 Å². The predicted molar refractivity (Wildman–Crippen MR) is 61.5 cm³/mol. The SMILES string of the molecule is Clc1nc(-c2cscn2)nc2c1COCC2. The molecule has 0 fully saturated rings. The lowest BCUT2D eigenvalue weighted by molar-refractivity contribution is 0.109. The first-order chi connectivity index (χ1) is 7.84. The summed E-state index contributed by atoms with van der Waals surface area (Å²) in [7, 11) is 0. The summed E-state index contributed by atoms with van der Waals surface area (Å²) in [6, 6.07) is 0. The molecule has 1 aliphatic rings. The Morgan fingerprint density at radius 3 is 3.12 bits per heavy atom. The van der Waals surface area contributed by atoms with Gasteiger partial charge >= 0.3 is 0 Å². The maximum atomic E-state index is 6.11. The Morgan fingerprint density at radius 2 is 2.31 bits per heavy atom. The maximum absolute atomic E-state index is 6.11. The van der Waals surface area contributed by atoms with E-state index in [1.807, 2.05) is 5.38 Å². The van der Waals surface area contributed by atoms with Gasteiger partial charge in [-0.15, -0.1) is 11.3 Å². The van der Waals surface area contributed by atoms with Crippen LogP contribution in [0.4, 0.5) is 0 Å². The van der Waals surface area contributed by atoms with E-state index in [0.717, 1.165) is 23.4 Å². The van der Waals surface area contributed by atoms with Crippen molar-refractivity contribution in [2.75, 3.05) is 6.61 Å². The second-order valence-corrected chi connectivity index (χ2v) is 4.52. The van der Waals surface area contributed by atoms with E-state index in [1.165, 1.54) is 11.3 Å². The molecule has 16 heavy (non-hydrogen) atoms. The zero-order chi connectivity index (χ0) is 11.0. The maximum Gasteiger partial charge on any atom is 0.180 e. The number of ether oxygens (including phenoxy) is 1. The van der Waals surface area contributed by atoms with E-state index in [9.17, 15) is 0 Å². The lowest BCUT2D eigenvalue weighted by Crippen LogP contribution is -2.14. The summed E-state index contributed by atoms with van der Waals surface area (Å²) in [6.45, 7) is 1.20. The quantitative estimate of drug-likeness (QED) is 0.732. The summed E-state index contributed by atoms with van der Waals surface area (Å²) in [5.74, 6) is 0.604. The second kappa shape index (κ2) is 4.08. The number of fused-ring (bicyclic) bond motifs is 1. The zero-order valence-electron chi connectivity index (χ0n) is 8.31. The van der Waals surface area contributed by atoms with Crippen LogP contribution >= 0.6 is 22.9 Å². The summed E-state index contributed by atoms with van der Waals surface area (Å²) in [4.78, 5) is 12.9. The van der Waals surface area contributed by atoms with Gasteiger partial charge in [0.2, 0.25) is 0 Å². The van der Waals surface area contributed by atoms with Crippen LogP contribution in [0.3, 0.4) is 0 Å². The van der Waals surface area contributed by atoms with Crippen LogP contribution in [-0.2, 0) is 17.8 Å². The van der Waals surface area contributed by atoms with E-state index in [2.05, 4.69) is 15.0 Å². The molecule has 0 amide bonds. The van der Waals surface area contributed by atoms with Gasteiger partial charge in [0, 0.05) is 17.4 Å². The van der Waals surface area contributed by atoms with Crippen molar-refractivity contribution < 1.29 is 4.74 Å². The van der Waals surface area contributed by atoms with E-state index >= 15 is 0 Å². The van der Waals surface area contributed by atoms with E-state index in [-0.39, 0.29) is 0 Å². The molecule has 3 rings (SSSR count). The third-order valence-corrected chi connectivity index (χ3v) is 3.33. The molecule has 3 heterocycles. The van der Waals surface area contributed by atoms with Gasteiger partial charge in [0.1, 0.15) is 10.8 Å². The molecule has 0 radical (unpaired) electrons. The highest BCUT2D eigenvalue weighted by molar-refractivity contribution is 7.07. The number of rotatable bonds is 1. The highest BCUT2D eigenvalue weighted by Crippen LogP contribution is 2.25. The minimum Gasteiger partial charge on any atom is -0.376 e. The van der Waals surface area contributed by atoms with Crippen molar-refractivity contribution in [1.82, 2.24) is 15.0 Å². The van der Waals surface area contributed by atoms with Crippen LogP contribution in [0, 0.1) is 0 Å². The summed E-state index contributed by atoms with van der Waals surface area (Å²) in [6.07, 6.45) is 0.786. The minimum absolute atomic E-state index is 0.479. The van der Waals surface area contributed by atoms with Crippen molar-refractivity contribution in [3.05, 3.63) is 27.3 Å². The van der Waals surface area contributed by atoms with E-state index < -0.39 is 0 Å². The largest absolute Gasteiger partial charge is 0.376 e. The molecule has 0 aliphatic carbocycles. The first kappa shape index (κ1) is 10.1. The first-order valence-electron chi connectivity index (χ1n) is 4.86. The third kappa shape index (κ3) is 1.71. The molecule has 0 unspecified atom stereocenters. The Kier molecular flexibility index (Phi) is 2.59. The van der Waals surface area contributed by atoms with Crippen LogP contribution in [0.2, 0.25) is 5.15 Å². The fourth-order valence-electron chi connectivity index (χ4n) is 1.63. The average Bonchev–Trinajstić information content (AvgIpc) is 2.82. The van der Waals surface area contributed by atoms with E-state index in [4.69, 9.17) is 16.3 Å². The summed E-state index contributed by atoms with van der Waals surface area (Å²) in [5.41, 5.74) is 4.43. The molecule has 4 nitrogen and oxygen atoms in total. The fourth-order valence-corrected chi connectivity index (χ4v) is 2.40. The van der Waals surface area contributed by atoms with Crippen LogP contribution in [0.1, 0.15) is 11.3 Å². The molecule has 0 N–H and O–H groups in total. The summed E-state index contributed by atoms with van der Waals surface area (Å²) >= 11 is 7.63. The number of nitrogens with zero attached hydrogens (tertiary/aromatic N) is 3. The molecule has 2 aromatic heterocycles. The molecular weight excluding hydrogens is 246 g/mol. The molecule has 2 aromatic rings. The Hall–Kier alpha value is -1.04. The van der Waals surface area contributed by atoms with Crippen LogP contribution < -0.4 is 0 Å². The molecular formula is C10H8ClN3OS. The predicted octanol–water partition coefficient (Wildman–Crippen LogP) is 2.33. The van der Waals surface area contributed by atoms with Gasteiger partial charge in [-0.05, 0) is 0 Å². The van der Waals surface area contributed by atoms with Crippen molar-refractivity contribution in [1.29, 1.82) is 0 Å². The Bertz CT molecular complexity index is 515. The van der Waals surface area contributed by atoms with Crippen LogP contribution in [0.5, 0.6) is 0 Å². The monoisotopic (exact) mass is 253 g/mol. The van der Waals surface area contributed by atoms with Crippen LogP contribution in [0.25, 0.3) is 11.5 Å². The molecule has 0 aromatic carbocycles. The number of hydrogen-bond donors (Lipinski definition) is 0. The molecule has 6 heteroatoms. The highest BCUT2D eigenvalue weighted by Gasteiger charge is 2.18. The molecule has 0 spiro atoms. The molecule has 0 saturated heterocycles. The lowest BCUT2D eigenvalue weighted by Gasteiger charge is -2.16. The summed E-state index contributed by atoms with van der Waals surface area (Å²) in [5, 5.41) is 2.39. The molecule has 0 atom stereocenters. The highest BCUT2D eigenvalue weighted by atomic mass is 35.5. The number of halogens is 1. The lowest BCUT2D eigenvalue weighted by atomic mass is 10.1. The van der Waals surface area contributed by atoms with Gasteiger partial charge in [0.15, 0.2) is 5.82 Å². The molecule has 1 aliphatic heterocycles. The normalized spacial score (nSPS) is 14.8. The molecule has 82 valence electrons. The van der Waals surface area contributed by atoms with Crippen molar-refractivity contribution in [3.8, 4) is 11.5 Å². The molecule has 0 saturated carbocycles. The molecule has 0 bridgehead atoms. The standard InChI is InChI=1S/C10H8ClN3OS/c11-9-6-3-15-2-1-7(6)13-10(14-9)8-4-16-5-12-8/h4-5H,1-3H2. The van der Waals surface area contributed by atoms with Crippen molar-refractivity contribution in [2.45, 2.75) is 13.0 Å². The summed E-state index contributed by atoms with van der Waals surface area (Å²) < 4.78 is 5.33. The zero-order valence-corrected chi connectivity index (χ0v) is 9.88. The van der Waals surface area contributed by atoms with Gasteiger partial charge in [-0.3, -0.25) is 0 Å². The average molecular weight is 254 g/mol. The van der Waals surface area contributed by atoms with Gasteiger partial charge < -0.3 is 4.74 Å². The first-order valence-corrected chi connectivity index (χ1v) is 6.18. The van der Waals surface area contributed by atoms with Gasteiger partial charge in [0.05, 0.1) is 24.4 Å². The topological polar surface area (TPSA) is 47.9 Å². The second-order valence-electron chi connectivity index (χ2n) is 3.44. The minimum atomic E-state index is 0.479. The number of thiazole rings is 1.